The van der Waals surface area contributed by atoms with Crippen LogP contribution in [0.25, 0.3) is 16.9 Å². The second kappa shape index (κ2) is 5.84. The quantitative estimate of drug-likeness (QED) is 0.630. The minimum absolute atomic E-state index is 0.542. The van der Waals surface area contributed by atoms with Crippen molar-refractivity contribution >= 4 is 33.8 Å². The number of hydrogen-bond acceptors (Lipinski definition) is 2. The molecule has 3 rings (SSSR count). The van der Waals surface area contributed by atoms with Crippen LogP contribution in [0.5, 0.6) is 0 Å². The number of carbonyl (C=O) groups is 1. The molecule has 0 N–H and O–H groups in total. The average molecular weight is 362 g/mol. The van der Waals surface area contributed by atoms with E-state index in [9.17, 15) is 4.79 Å². The molecule has 0 radical (unpaired) electrons. The molecule has 0 aliphatic heterocycles. The Hall–Kier alpha value is -1.91. The predicted molar refractivity (Wildman–Crippen MR) is 87.1 cm³/mol. The van der Waals surface area contributed by atoms with Gasteiger partial charge in [-0.25, -0.2) is 4.68 Å². The molecule has 0 bridgehead atoms. The van der Waals surface area contributed by atoms with E-state index in [1.807, 2.05) is 36.4 Å². The Morgan fingerprint density at radius 1 is 1.05 bits per heavy atom. The molecule has 3 nitrogen and oxygen atoms in total. The van der Waals surface area contributed by atoms with Gasteiger partial charge in [-0.2, -0.15) is 5.10 Å². The van der Waals surface area contributed by atoms with E-state index < -0.39 is 0 Å². The average Bonchev–Trinajstić information content (AvgIpc) is 2.93. The number of nitrogens with zero attached hydrogens (tertiary/aromatic N) is 2. The van der Waals surface area contributed by atoms with Crippen LogP contribution >= 0.6 is 27.5 Å². The summed E-state index contributed by atoms with van der Waals surface area (Å²) >= 11 is 9.29. The molecule has 0 aliphatic carbocycles. The SMILES string of the molecule is O=Cc1cn(-c2ccc(Br)cc2)nc1-c1ccc(Cl)cc1. The van der Waals surface area contributed by atoms with Crippen molar-refractivity contribution in [3.8, 4) is 16.9 Å². The van der Waals surface area contributed by atoms with Crippen molar-refractivity contribution in [2.24, 2.45) is 0 Å². The summed E-state index contributed by atoms with van der Waals surface area (Å²) in [6, 6.07) is 15.0. The molecule has 2 aromatic carbocycles. The Morgan fingerprint density at radius 3 is 2.33 bits per heavy atom. The first-order valence-electron chi connectivity index (χ1n) is 6.24. The molecule has 1 heterocycles. The van der Waals surface area contributed by atoms with Gasteiger partial charge in [0.25, 0.3) is 0 Å². The van der Waals surface area contributed by atoms with Crippen molar-refractivity contribution in [2.45, 2.75) is 0 Å². The summed E-state index contributed by atoms with van der Waals surface area (Å²) in [6.07, 6.45) is 2.53. The minimum Gasteiger partial charge on any atom is -0.298 e. The van der Waals surface area contributed by atoms with Crippen LogP contribution in [-0.4, -0.2) is 16.1 Å². The van der Waals surface area contributed by atoms with E-state index in [2.05, 4.69) is 21.0 Å². The maximum Gasteiger partial charge on any atom is 0.153 e. The van der Waals surface area contributed by atoms with Gasteiger partial charge in [0.1, 0.15) is 5.69 Å². The van der Waals surface area contributed by atoms with Crippen LogP contribution in [0.1, 0.15) is 10.4 Å². The van der Waals surface area contributed by atoms with E-state index in [1.54, 1.807) is 23.0 Å². The summed E-state index contributed by atoms with van der Waals surface area (Å²) < 4.78 is 2.69. The first-order chi connectivity index (χ1) is 10.2. The van der Waals surface area contributed by atoms with Gasteiger partial charge in [-0.1, -0.05) is 39.7 Å². The standard InChI is InChI=1S/C16H10BrClN2O/c17-13-3-7-15(8-4-13)20-9-12(10-21)16(19-20)11-1-5-14(18)6-2-11/h1-10H. The Morgan fingerprint density at radius 2 is 1.71 bits per heavy atom. The topological polar surface area (TPSA) is 34.9 Å². The van der Waals surface area contributed by atoms with Gasteiger partial charge in [0.05, 0.1) is 11.3 Å². The maximum atomic E-state index is 11.3. The monoisotopic (exact) mass is 360 g/mol. The van der Waals surface area contributed by atoms with Gasteiger partial charge in [0.15, 0.2) is 6.29 Å². The third kappa shape index (κ3) is 2.91. The zero-order valence-electron chi connectivity index (χ0n) is 10.8. The molecule has 0 spiro atoms. The Kier molecular flexibility index (Phi) is 3.90. The number of hydrogen-bond donors (Lipinski definition) is 0. The van der Waals surface area contributed by atoms with Crippen LogP contribution in [0.3, 0.4) is 0 Å². The summed E-state index contributed by atoms with van der Waals surface area (Å²) in [7, 11) is 0. The van der Waals surface area contributed by atoms with Crippen molar-refractivity contribution in [2.75, 3.05) is 0 Å². The van der Waals surface area contributed by atoms with Crippen LogP contribution in [0.4, 0.5) is 0 Å². The summed E-state index contributed by atoms with van der Waals surface area (Å²) in [5, 5.41) is 5.16. The van der Waals surface area contributed by atoms with E-state index in [4.69, 9.17) is 11.6 Å². The molecule has 3 aromatic rings. The van der Waals surface area contributed by atoms with E-state index in [0.29, 0.717) is 16.3 Å². The molecule has 21 heavy (non-hydrogen) atoms. The third-order valence-corrected chi connectivity index (χ3v) is 3.86. The first kappa shape index (κ1) is 14.0. The van der Waals surface area contributed by atoms with Gasteiger partial charge >= 0.3 is 0 Å². The van der Waals surface area contributed by atoms with Gasteiger partial charge < -0.3 is 0 Å². The third-order valence-electron chi connectivity index (χ3n) is 3.08. The predicted octanol–water partition coefficient (Wildman–Crippen LogP) is 4.77. The Balaban J connectivity index is 2.08. The van der Waals surface area contributed by atoms with Crippen molar-refractivity contribution in [3.05, 3.63) is 69.8 Å². The molecule has 0 fully saturated rings. The maximum absolute atomic E-state index is 11.3. The van der Waals surface area contributed by atoms with E-state index in [0.717, 1.165) is 22.0 Å². The molecule has 0 aliphatic rings. The Bertz CT molecular complexity index is 779. The lowest BCUT2D eigenvalue weighted by atomic mass is 10.1. The molecular weight excluding hydrogens is 352 g/mol. The second-order valence-corrected chi connectivity index (χ2v) is 5.83. The largest absolute Gasteiger partial charge is 0.298 e. The van der Waals surface area contributed by atoms with E-state index in [-0.39, 0.29) is 0 Å². The zero-order chi connectivity index (χ0) is 14.8. The number of rotatable bonds is 3. The second-order valence-electron chi connectivity index (χ2n) is 4.48. The van der Waals surface area contributed by atoms with Crippen LogP contribution in [0, 0.1) is 0 Å². The van der Waals surface area contributed by atoms with E-state index >= 15 is 0 Å². The lowest BCUT2D eigenvalue weighted by Crippen LogP contribution is -1.94. The van der Waals surface area contributed by atoms with Crippen LogP contribution < -0.4 is 0 Å². The van der Waals surface area contributed by atoms with Crippen LogP contribution in [0.15, 0.2) is 59.2 Å². The molecule has 0 atom stereocenters. The highest BCUT2D eigenvalue weighted by Gasteiger charge is 2.11. The number of halogens is 2. The smallest absolute Gasteiger partial charge is 0.153 e. The molecule has 0 saturated heterocycles. The lowest BCUT2D eigenvalue weighted by molar-refractivity contribution is 0.112. The summed E-state index contributed by atoms with van der Waals surface area (Å²) in [4.78, 5) is 11.3. The van der Waals surface area contributed by atoms with Crippen molar-refractivity contribution < 1.29 is 4.79 Å². The summed E-state index contributed by atoms with van der Waals surface area (Å²) in [6.45, 7) is 0. The van der Waals surface area contributed by atoms with Crippen molar-refractivity contribution in [3.63, 3.8) is 0 Å². The van der Waals surface area contributed by atoms with Gasteiger partial charge in [0.2, 0.25) is 0 Å². The highest BCUT2D eigenvalue weighted by molar-refractivity contribution is 9.10. The van der Waals surface area contributed by atoms with Crippen LogP contribution in [0.2, 0.25) is 5.02 Å². The van der Waals surface area contributed by atoms with Crippen molar-refractivity contribution in [1.82, 2.24) is 9.78 Å². The van der Waals surface area contributed by atoms with Gasteiger partial charge in [0, 0.05) is 21.3 Å². The first-order valence-corrected chi connectivity index (χ1v) is 7.41. The normalized spacial score (nSPS) is 10.6. The molecule has 5 heteroatoms. The molecule has 0 amide bonds. The Labute approximate surface area is 135 Å². The fraction of sp³-hybridized carbons (Fsp3) is 0. The number of aromatic nitrogens is 2. The fourth-order valence-corrected chi connectivity index (χ4v) is 2.42. The lowest BCUT2D eigenvalue weighted by Gasteiger charge is -2.01. The fourth-order valence-electron chi connectivity index (χ4n) is 2.03. The van der Waals surface area contributed by atoms with Gasteiger partial charge in [-0.3, -0.25) is 4.79 Å². The molecular formula is C16H10BrClN2O. The summed E-state index contributed by atoms with van der Waals surface area (Å²) in [5.74, 6) is 0. The summed E-state index contributed by atoms with van der Waals surface area (Å²) in [5.41, 5.74) is 2.93. The van der Waals surface area contributed by atoms with Crippen LogP contribution in [-0.2, 0) is 0 Å². The minimum atomic E-state index is 0.542. The highest BCUT2D eigenvalue weighted by atomic mass is 79.9. The zero-order valence-corrected chi connectivity index (χ0v) is 13.2. The number of benzene rings is 2. The van der Waals surface area contributed by atoms with Gasteiger partial charge in [-0.05, 0) is 36.4 Å². The highest BCUT2D eigenvalue weighted by Crippen LogP contribution is 2.24. The number of carbonyl (C=O) groups excluding carboxylic acids is 1. The van der Waals surface area contributed by atoms with Crippen molar-refractivity contribution in [1.29, 1.82) is 0 Å². The van der Waals surface area contributed by atoms with E-state index in [1.165, 1.54) is 0 Å². The molecule has 0 unspecified atom stereocenters. The van der Waals surface area contributed by atoms with Gasteiger partial charge in [-0.15, -0.1) is 0 Å². The number of aldehydes is 1. The molecule has 1 aromatic heterocycles. The molecule has 0 saturated carbocycles. The molecule has 104 valence electrons.